The predicted octanol–water partition coefficient (Wildman–Crippen LogP) is 1.86. The highest BCUT2D eigenvalue weighted by Gasteiger charge is 2.45. The molecule has 0 unspecified atom stereocenters. The molecule has 2 heterocycles. The molecule has 17 heavy (non-hydrogen) atoms. The van der Waals surface area contributed by atoms with Crippen molar-refractivity contribution in [3.63, 3.8) is 0 Å². The zero-order chi connectivity index (χ0) is 11.9. The molecule has 0 saturated heterocycles. The van der Waals surface area contributed by atoms with Crippen molar-refractivity contribution in [3.05, 3.63) is 18.2 Å². The maximum absolute atomic E-state index is 5.79. The lowest BCUT2D eigenvalue weighted by Crippen LogP contribution is -2.30. The summed E-state index contributed by atoms with van der Waals surface area (Å²) in [6, 6.07) is 0. The molecule has 1 aliphatic carbocycles. The monoisotopic (exact) mass is 235 g/mol. The maximum Gasteiger partial charge on any atom is 0.124 e. The largest absolute Gasteiger partial charge is 0.378 e. The molecule has 0 amide bonds. The van der Waals surface area contributed by atoms with E-state index in [1.807, 2.05) is 6.20 Å². The van der Waals surface area contributed by atoms with Gasteiger partial charge in [-0.1, -0.05) is 0 Å². The van der Waals surface area contributed by atoms with Crippen molar-refractivity contribution in [2.45, 2.75) is 46.0 Å². The molecule has 1 fully saturated rings. The minimum atomic E-state index is 0.349. The number of hydrogen-bond acceptors (Lipinski definition) is 3. The number of hydrogen-bond donors (Lipinski definition) is 0. The fourth-order valence-electron chi connectivity index (χ4n) is 2.53. The Hall–Kier alpha value is -0.870. The van der Waals surface area contributed by atoms with Gasteiger partial charge in [0.05, 0.1) is 25.9 Å². The molecule has 1 aromatic rings. The van der Waals surface area contributed by atoms with Crippen molar-refractivity contribution in [3.8, 4) is 0 Å². The van der Waals surface area contributed by atoms with Crippen LogP contribution in [0.3, 0.4) is 0 Å². The van der Waals surface area contributed by atoms with E-state index in [1.165, 1.54) is 18.7 Å². The van der Waals surface area contributed by atoms with Crippen LogP contribution < -0.4 is 0 Å². The average Bonchev–Trinajstić information content (AvgIpc) is 2.70. The van der Waals surface area contributed by atoms with E-state index in [9.17, 15) is 0 Å². The predicted molar refractivity (Wildman–Crippen MR) is 65.4 cm³/mol. The van der Waals surface area contributed by atoms with E-state index < -0.39 is 0 Å². The van der Waals surface area contributed by atoms with Gasteiger partial charge in [-0.05, 0) is 26.7 Å². The maximum atomic E-state index is 5.79. The molecule has 4 heteroatoms. The van der Waals surface area contributed by atoms with E-state index in [2.05, 4.69) is 34.5 Å². The number of imidazole rings is 1. The van der Waals surface area contributed by atoms with Crippen LogP contribution in [0.15, 0.2) is 12.4 Å². The number of fused-ring (bicyclic) bond motifs is 1. The summed E-state index contributed by atoms with van der Waals surface area (Å²) < 4.78 is 8.02. The van der Waals surface area contributed by atoms with Gasteiger partial charge in [0.1, 0.15) is 5.82 Å². The Labute approximate surface area is 103 Å². The van der Waals surface area contributed by atoms with E-state index in [1.54, 1.807) is 0 Å². The van der Waals surface area contributed by atoms with Gasteiger partial charge in [-0.2, -0.15) is 0 Å². The Morgan fingerprint density at radius 1 is 1.47 bits per heavy atom. The van der Waals surface area contributed by atoms with Gasteiger partial charge >= 0.3 is 0 Å². The first-order chi connectivity index (χ1) is 8.17. The van der Waals surface area contributed by atoms with E-state index >= 15 is 0 Å². The molecule has 1 aliphatic heterocycles. The zero-order valence-electron chi connectivity index (χ0n) is 10.7. The van der Waals surface area contributed by atoms with Crippen LogP contribution in [0, 0.1) is 5.41 Å². The minimum absolute atomic E-state index is 0.349. The van der Waals surface area contributed by atoms with Crippen molar-refractivity contribution in [1.82, 2.24) is 14.5 Å². The number of aromatic nitrogens is 2. The molecule has 4 nitrogen and oxygen atoms in total. The summed E-state index contributed by atoms with van der Waals surface area (Å²) in [7, 11) is 0. The van der Waals surface area contributed by atoms with E-state index in [-0.39, 0.29) is 0 Å². The highest BCUT2D eigenvalue weighted by atomic mass is 16.5. The summed E-state index contributed by atoms with van der Waals surface area (Å²) in [5.41, 5.74) is 0.439. The second-order valence-corrected chi connectivity index (χ2v) is 5.80. The Balaban J connectivity index is 1.53. The van der Waals surface area contributed by atoms with Crippen LogP contribution in [0.25, 0.3) is 0 Å². The molecule has 0 aromatic carbocycles. The van der Waals surface area contributed by atoms with Gasteiger partial charge in [-0.25, -0.2) is 4.98 Å². The molecule has 0 N–H and O–H groups in total. The summed E-state index contributed by atoms with van der Waals surface area (Å²) >= 11 is 0. The highest BCUT2D eigenvalue weighted by Crippen LogP contribution is 2.47. The summed E-state index contributed by atoms with van der Waals surface area (Å²) in [5, 5.41) is 0. The summed E-state index contributed by atoms with van der Waals surface area (Å²) in [6.45, 7) is 8.30. The first-order valence-electron chi connectivity index (χ1n) is 6.51. The molecule has 0 bridgehead atoms. The van der Waals surface area contributed by atoms with Crippen molar-refractivity contribution in [2.75, 3.05) is 13.2 Å². The third-order valence-corrected chi connectivity index (χ3v) is 3.76. The summed E-state index contributed by atoms with van der Waals surface area (Å²) in [6.07, 6.45) is 6.94. The summed E-state index contributed by atoms with van der Waals surface area (Å²) in [5.74, 6) is 1.20. The van der Waals surface area contributed by atoms with Gasteiger partial charge in [0.25, 0.3) is 0 Å². The van der Waals surface area contributed by atoms with E-state index in [0.717, 1.165) is 26.4 Å². The lowest BCUT2D eigenvalue weighted by Gasteiger charge is -2.23. The van der Waals surface area contributed by atoms with Crippen molar-refractivity contribution in [1.29, 1.82) is 0 Å². The fraction of sp³-hybridized carbons (Fsp3) is 0.769. The van der Waals surface area contributed by atoms with Crippen LogP contribution in [-0.4, -0.2) is 33.7 Å². The quantitative estimate of drug-likeness (QED) is 0.780. The van der Waals surface area contributed by atoms with Crippen LogP contribution in [0.5, 0.6) is 0 Å². The van der Waals surface area contributed by atoms with Crippen molar-refractivity contribution in [2.24, 2.45) is 5.41 Å². The molecule has 1 saturated carbocycles. The molecule has 2 aliphatic rings. The van der Waals surface area contributed by atoms with Crippen LogP contribution in [0.1, 0.15) is 32.5 Å². The molecule has 94 valence electrons. The number of rotatable bonds is 5. The Kier molecular flexibility index (Phi) is 2.71. The van der Waals surface area contributed by atoms with Crippen LogP contribution in [-0.2, 0) is 18.0 Å². The molecular weight excluding hydrogens is 214 g/mol. The zero-order valence-corrected chi connectivity index (χ0v) is 10.7. The second-order valence-electron chi connectivity index (χ2n) is 5.80. The first-order valence-corrected chi connectivity index (χ1v) is 6.51. The molecule has 0 spiro atoms. The molecule has 1 aromatic heterocycles. The first kappa shape index (κ1) is 11.2. The van der Waals surface area contributed by atoms with Crippen LogP contribution in [0.4, 0.5) is 0 Å². The van der Waals surface area contributed by atoms with Crippen molar-refractivity contribution < 1.29 is 4.74 Å². The number of nitrogens with zero attached hydrogens (tertiary/aromatic N) is 3. The van der Waals surface area contributed by atoms with Gasteiger partial charge in [0.2, 0.25) is 0 Å². The van der Waals surface area contributed by atoms with Gasteiger partial charge in [0.15, 0.2) is 0 Å². The number of ether oxygens (including phenoxy) is 1. The lowest BCUT2D eigenvalue weighted by atomic mass is 10.1. The summed E-state index contributed by atoms with van der Waals surface area (Å²) in [4.78, 5) is 6.85. The Morgan fingerprint density at radius 2 is 2.29 bits per heavy atom. The lowest BCUT2D eigenvalue weighted by molar-refractivity contribution is 0.0289. The van der Waals surface area contributed by atoms with Gasteiger partial charge < -0.3 is 9.30 Å². The minimum Gasteiger partial charge on any atom is -0.378 e. The second kappa shape index (κ2) is 4.10. The van der Waals surface area contributed by atoms with E-state index in [4.69, 9.17) is 4.74 Å². The van der Waals surface area contributed by atoms with Gasteiger partial charge in [0, 0.05) is 24.4 Å². The Bertz CT molecular complexity index is 375. The van der Waals surface area contributed by atoms with Crippen LogP contribution >= 0.6 is 0 Å². The van der Waals surface area contributed by atoms with Gasteiger partial charge in [-0.3, -0.25) is 4.90 Å². The topological polar surface area (TPSA) is 30.3 Å². The highest BCUT2D eigenvalue weighted by molar-refractivity contribution is 5.01. The third kappa shape index (κ3) is 2.38. The average molecular weight is 235 g/mol. The van der Waals surface area contributed by atoms with Crippen LogP contribution in [0.2, 0.25) is 0 Å². The third-order valence-electron chi connectivity index (χ3n) is 3.76. The normalized spacial score (nSPS) is 22.1. The standard InChI is InChI=1S/C13H21N3O/c1-11(2)17-9-13(3-4-13)8-15-7-12-14-5-6-16(12)10-15/h5-6,11H,3-4,7-10H2,1-2H3. The van der Waals surface area contributed by atoms with E-state index in [0.29, 0.717) is 11.5 Å². The van der Waals surface area contributed by atoms with Crippen molar-refractivity contribution >= 4 is 0 Å². The molecule has 3 rings (SSSR count). The van der Waals surface area contributed by atoms with Gasteiger partial charge in [-0.15, -0.1) is 0 Å². The molecule has 0 atom stereocenters. The Morgan fingerprint density at radius 3 is 2.94 bits per heavy atom. The molecule has 0 radical (unpaired) electrons. The smallest absolute Gasteiger partial charge is 0.124 e. The fourth-order valence-corrected chi connectivity index (χ4v) is 2.53. The molecular formula is C13H21N3O. The SMILES string of the molecule is CC(C)OCC1(CN2Cc3nccn3C2)CC1.